The first-order valence-corrected chi connectivity index (χ1v) is 15.2. The van der Waals surface area contributed by atoms with Crippen LogP contribution in [-0.2, 0) is 23.8 Å². The molecule has 0 fully saturated rings. The summed E-state index contributed by atoms with van der Waals surface area (Å²) in [6.07, 6.45) is 0.866. The first-order valence-electron chi connectivity index (χ1n) is 12.6. The van der Waals surface area contributed by atoms with Crippen molar-refractivity contribution >= 4 is 47.7 Å². The summed E-state index contributed by atoms with van der Waals surface area (Å²) in [5, 5.41) is 6.38. The number of carbonyl (C=O) groups is 2. The number of rotatable bonds is 16. The molecule has 0 saturated heterocycles. The fourth-order valence-corrected chi connectivity index (χ4v) is 8.33. The summed E-state index contributed by atoms with van der Waals surface area (Å²) in [7, 11) is -1.92. The molecule has 38 heavy (non-hydrogen) atoms. The Hall–Kier alpha value is -2.74. The quantitative estimate of drug-likeness (QED) is 0.108. The summed E-state index contributed by atoms with van der Waals surface area (Å²) in [4.78, 5) is 23.3. The average Bonchev–Trinajstić information content (AvgIpc) is 2.98. The minimum Gasteiger partial charge on any atom is -0.462 e. The summed E-state index contributed by atoms with van der Waals surface area (Å²) in [5.74, 6) is -0.791. The minimum atomic E-state index is -1.92. The van der Waals surface area contributed by atoms with Crippen LogP contribution in [0.4, 0.5) is 0 Å². The van der Waals surface area contributed by atoms with Gasteiger partial charge in [0.15, 0.2) is 0 Å². The SMILES string of the molecule is N[C@@H](CS)C(=O)NCC(=O)OCCOCCOCC[P+](c1ccccc1)(c1ccccc1)c1ccccc1. The Morgan fingerprint density at radius 2 is 1.18 bits per heavy atom. The van der Waals surface area contributed by atoms with E-state index in [-0.39, 0.29) is 25.5 Å². The van der Waals surface area contributed by atoms with Crippen LogP contribution in [0.3, 0.4) is 0 Å². The Kier molecular flexibility index (Phi) is 12.8. The highest BCUT2D eigenvalue weighted by Gasteiger charge is 2.44. The third-order valence-corrected chi connectivity index (χ3v) is 10.8. The molecule has 0 bridgehead atoms. The molecule has 0 saturated carbocycles. The number of amides is 1. The highest BCUT2D eigenvalue weighted by Crippen LogP contribution is 2.54. The van der Waals surface area contributed by atoms with Crippen molar-refractivity contribution < 1.29 is 23.8 Å². The molecule has 0 spiro atoms. The third kappa shape index (κ3) is 8.65. The van der Waals surface area contributed by atoms with Crippen LogP contribution in [0.15, 0.2) is 91.0 Å². The summed E-state index contributed by atoms with van der Waals surface area (Å²) < 4.78 is 16.6. The molecule has 3 N–H and O–H groups in total. The number of benzene rings is 3. The molecule has 3 aromatic carbocycles. The topological polar surface area (TPSA) is 99.9 Å². The molecular weight excluding hydrogens is 519 g/mol. The standard InChI is InChI=1S/C29H35N2O5PS/c30-27(23-38)29(33)31-22-28(32)36-19-18-34-16-17-35-20-21-37(24-10-4-1-5-11-24,25-12-6-2-7-13-25)26-14-8-3-9-15-26/h1-15,27H,16-23,30H2,(H-,31,33,38)/p+1/t27-/m0/s1. The van der Waals surface area contributed by atoms with Crippen LogP contribution < -0.4 is 27.0 Å². The van der Waals surface area contributed by atoms with Gasteiger partial charge in [-0.05, 0) is 36.4 Å². The summed E-state index contributed by atoms with van der Waals surface area (Å²) in [6.45, 7) is 1.51. The van der Waals surface area contributed by atoms with Gasteiger partial charge in [-0.3, -0.25) is 9.59 Å². The molecular formula is C29H36N2O5PS+. The van der Waals surface area contributed by atoms with Gasteiger partial charge in [0.1, 0.15) is 36.3 Å². The summed E-state index contributed by atoms with van der Waals surface area (Å²) in [6, 6.07) is 31.3. The van der Waals surface area contributed by atoms with E-state index in [1.807, 2.05) is 0 Å². The lowest BCUT2D eigenvalue weighted by atomic mass is 10.3. The van der Waals surface area contributed by atoms with E-state index in [2.05, 4.69) is 109 Å². The second kappa shape index (κ2) is 16.3. The number of thiol groups is 1. The lowest BCUT2D eigenvalue weighted by Crippen LogP contribution is -2.44. The lowest BCUT2D eigenvalue weighted by Gasteiger charge is -2.27. The first kappa shape index (κ1) is 29.8. The van der Waals surface area contributed by atoms with Gasteiger partial charge < -0.3 is 25.3 Å². The first-order chi connectivity index (χ1) is 18.6. The van der Waals surface area contributed by atoms with Crippen LogP contribution in [0.2, 0.25) is 0 Å². The molecule has 3 aromatic rings. The molecule has 7 nitrogen and oxygen atoms in total. The largest absolute Gasteiger partial charge is 0.462 e. The monoisotopic (exact) mass is 555 g/mol. The van der Waals surface area contributed by atoms with Crippen LogP contribution in [-0.4, -0.2) is 69.4 Å². The fraction of sp³-hybridized carbons (Fsp3) is 0.310. The maximum atomic E-state index is 11.7. The molecule has 1 amide bonds. The Morgan fingerprint density at radius 3 is 1.66 bits per heavy atom. The zero-order valence-electron chi connectivity index (χ0n) is 21.4. The molecule has 3 rings (SSSR count). The molecule has 0 unspecified atom stereocenters. The molecule has 0 aliphatic carbocycles. The molecule has 0 aromatic heterocycles. The van der Waals surface area contributed by atoms with Crippen molar-refractivity contribution in [2.75, 3.05) is 51.5 Å². The van der Waals surface area contributed by atoms with Crippen LogP contribution in [0.1, 0.15) is 0 Å². The Morgan fingerprint density at radius 1 is 0.737 bits per heavy atom. The zero-order chi connectivity index (χ0) is 27.1. The maximum Gasteiger partial charge on any atom is 0.325 e. The predicted octanol–water partition coefficient (Wildman–Crippen LogP) is 1.93. The van der Waals surface area contributed by atoms with Gasteiger partial charge in [-0.2, -0.15) is 12.6 Å². The van der Waals surface area contributed by atoms with Gasteiger partial charge in [-0.1, -0.05) is 54.6 Å². The van der Waals surface area contributed by atoms with Crippen LogP contribution in [0, 0.1) is 0 Å². The minimum absolute atomic E-state index is 0.0952. The number of hydrogen-bond donors (Lipinski definition) is 3. The van der Waals surface area contributed by atoms with Crippen LogP contribution >= 0.6 is 19.9 Å². The lowest BCUT2D eigenvalue weighted by molar-refractivity contribution is -0.145. The Bertz CT molecular complexity index is 1010. The Balaban J connectivity index is 1.47. The summed E-state index contributed by atoms with van der Waals surface area (Å²) in [5.41, 5.74) is 5.53. The fourth-order valence-electron chi connectivity index (χ4n) is 4.04. The number of nitrogens with two attached hydrogens (primary N) is 1. The molecule has 0 radical (unpaired) electrons. The van der Waals surface area contributed by atoms with Crippen molar-refractivity contribution in [2.45, 2.75) is 6.04 Å². The smallest absolute Gasteiger partial charge is 0.325 e. The molecule has 1 atom stereocenters. The van der Waals surface area contributed by atoms with E-state index in [9.17, 15) is 9.59 Å². The normalized spacial score (nSPS) is 12.1. The van der Waals surface area contributed by atoms with E-state index in [0.717, 1.165) is 6.16 Å². The van der Waals surface area contributed by atoms with Gasteiger partial charge in [0.2, 0.25) is 5.91 Å². The van der Waals surface area contributed by atoms with Gasteiger partial charge in [0.25, 0.3) is 0 Å². The van der Waals surface area contributed by atoms with E-state index in [0.29, 0.717) is 19.8 Å². The highest BCUT2D eigenvalue weighted by atomic mass is 32.1. The van der Waals surface area contributed by atoms with Crippen molar-refractivity contribution in [3.05, 3.63) is 91.0 Å². The number of ether oxygens (including phenoxy) is 3. The van der Waals surface area contributed by atoms with Gasteiger partial charge >= 0.3 is 5.97 Å². The third-order valence-electron chi connectivity index (χ3n) is 5.97. The van der Waals surface area contributed by atoms with Crippen molar-refractivity contribution in [1.29, 1.82) is 0 Å². The second-order valence-electron chi connectivity index (χ2n) is 8.49. The van der Waals surface area contributed by atoms with Crippen molar-refractivity contribution in [1.82, 2.24) is 5.32 Å². The maximum absolute atomic E-state index is 11.7. The number of carbonyl (C=O) groups excluding carboxylic acids is 2. The molecule has 202 valence electrons. The Labute approximate surface area is 230 Å². The van der Waals surface area contributed by atoms with E-state index in [1.165, 1.54) is 15.9 Å². The van der Waals surface area contributed by atoms with Gasteiger partial charge in [-0.15, -0.1) is 0 Å². The van der Waals surface area contributed by atoms with Crippen molar-refractivity contribution in [2.24, 2.45) is 5.73 Å². The average molecular weight is 556 g/mol. The van der Waals surface area contributed by atoms with E-state index < -0.39 is 25.2 Å². The number of hydrogen-bond acceptors (Lipinski definition) is 7. The zero-order valence-corrected chi connectivity index (χ0v) is 23.2. The van der Waals surface area contributed by atoms with E-state index in [1.54, 1.807) is 0 Å². The van der Waals surface area contributed by atoms with Crippen LogP contribution in [0.5, 0.6) is 0 Å². The van der Waals surface area contributed by atoms with Gasteiger partial charge in [-0.25, -0.2) is 0 Å². The molecule has 9 heteroatoms. The van der Waals surface area contributed by atoms with Gasteiger partial charge in [0.05, 0.1) is 38.6 Å². The molecule has 0 aliphatic heterocycles. The molecule has 0 heterocycles. The van der Waals surface area contributed by atoms with E-state index >= 15 is 0 Å². The highest BCUT2D eigenvalue weighted by molar-refractivity contribution is 7.95. The van der Waals surface area contributed by atoms with Gasteiger partial charge in [0, 0.05) is 5.75 Å². The number of esters is 1. The van der Waals surface area contributed by atoms with Crippen LogP contribution in [0.25, 0.3) is 0 Å². The van der Waals surface area contributed by atoms with Crippen molar-refractivity contribution in [3.8, 4) is 0 Å². The molecule has 0 aliphatic rings. The van der Waals surface area contributed by atoms with E-state index in [4.69, 9.17) is 19.9 Å². The second-order valence-corrected chi connectivity index (χ2v) is 12.5. The summed E-state index contributed by atoms with van der Waals surface area (Å²) >= 11 is 3.95. The predicted molar refractivity (Wildman–Crippen MR) is 157 cm³/mol. The van der Waals surface area contributed by atoms with Crippen molar-refractivity contribution in [3.63, 3.8) is 0 Å². The number of nitrogens with one attached hydrogen (secondary N) is 1.